The lowest BCUT2D eigenvalue weighted by atomic mass is 10.00. The standard InChI is InChI=1S/C14H18N4O/c1-10(12-4-3-5-13(15)6-12)14(19)16-7-11-8-17-18(2)9-11/h3-6,8-10H,7,15H2,1-2H3,(H,16,19). The molecule has 19 heavy (non-hydrogen) atoms. The summed E-state index contributed by atoms with van der Waals surface area (Å²) in [6.45, 7) is 2.35. The van der Waals surface area contributed by atoms with Gasteiger partial charge in [0.05, 0.1) is 12.1 Å². The van der Waals surface area contributed by atoms with Crippen LogP contribution in [0.5, 0.6) is 0 Å². The fourth-order valence-corrected chi connectivity index (χ4v) is 1.89. The highest BCUT2D eigenvalue weighted by Gasteiger charge is 2.15. The van der Waals surface area contributed by atoms with Crippen LogP contribution in [0.3, 0.4) is 0 Å². The molecule has 0 saturated carbocycles. The van der Waals surface area contributed by atoms with E-state index >= 15 is 0 Å². The number of hydrogen-bond acceptors (Lipinski definition) is 3. The summed E-state index contributed by atoms with van der Waals surface area (Å²) in [5.41, 5.74) is 8.29. The number of carbonyl (C=O) groups is 1. The van der Waals surface area contributed by atoms with E-state index in [4.69, 9.17) is 5.73 Å². The van der Waals surface area contributed by atoms with Crippen LogP contribution in [-0.4, -0.2) is 15.7 Å². The predicted molar refractivity (Wildman–Crippen MR) is 74.3 cm³/mol. The van der Waals surface area contributed by atoms with Crippen molar-refractivity contribution in [2.75, 3.05) is 5.73 Å². The van der Waals surface area contributed by atoms with Gasteiger partial charge in [-0.15, -0.1) is 0 Å². The van der Waals surface area contributed by atoms with Gasteiger partial charge in [-0.2, -0.15) is 5.10 Å². The molecule has 2 rings (SSSR count). The highest BCUT2D eigenvalue weighted by Crippen LogP contribution is 2.17. The third-order valence-electron chi connectivity index (χ3n) is 3.03. The molecule has 5 heteroatoms. The van der Waals surface area contributed by atoms with Crippen LogP contribution in [0.1, 0.15) is 24.0 Å². The lowest BCUT2D eigenvalue weighted by Crippen LogP contribution is -2.27. The van der Waals surface area contributed by atoms with Crippen LogP contribution in [0.4, 0.5) is 5.69 Å². The fraction of sp³-hybridized carbons (Fsp3) is 0.286. The van der Waals surface area contributed by atoms with Gasteiger partial charge in [-0.1, -0.05) is 12.1 Å². The van der Waals surface area contributed by atoms with Crippen LogP contribution in [0.15, 0.2) is 36.7 Å². The molecule has 0 radical (unpaired) electrons. The summed E-state index contributed by atoms with van der Waals surface area (Å²) in [5, 5.41) is 6.95. The SMILES string of the molecule is CC(C(=O)NCc1cnn(C)c1)c1cccc(N)c1. The highest BCUT2D eigenvalue weighted by atomic mass is 16.1. The van der Waals surface area contributed by atoms with Crippen molar-refractivity contribution < 1.29 is 4.79 Å². The number of amides is 1. The van der Waals surface area contributed by atoms with Crippen LogP contribution < -0.4 is 11.1 Å². The second-order valence-electron chi connectivity index (χ2n) is 4.63. The van der Waals surface area contributed by atoms with Gasteiger partial charge in [0.2, 0.25) is 5.91 Å². The van der Waals surface area contributed by atoms with Crippen molar-refractivity contribution in [3.05, 3.63) is 47.8 Å². The summed E-state index contributed by atoms with van der Waals surface area (Å²) in [7, 11) is 1.85. The number of aromatic nitrogens is 2. The number of aryl methyl sites for hydroxylation is 1. The van der Waals surface area contributed by atoms with Gasteiger partial charge < -0.3 is 11.1 Å². The molecule has 0 aliphatic carbocycles. The monoisotopic (exact) mass is 258 g/mol. The molecule has 0 aliphatic rings. The third-order valence-corrected chi connectivity index (χ3v) is 3.03. The number of anilines is 1. The van der Waals surface area contributed by atoms with Crippen molar-refractivity contribution in [3.63, 3.8) is 0 Å². The van der Waals surface area contributed by atoms with E-state index < -0.39 is 0 Å². The minimum Gasteiger partial charge on any atom is -0.399 e. The number of carbonyl (C=O) groups excluding carboxylic acids is 1. The Kier molecular flexibility index (Phi) is 3.85. The van der Waals surface area contributed by atoms with Crippen molar-refractivity contribution in [1.29, 1.82) is 0 Å². The van der Waals surface area contributed by atoms with E-state index in [1.54, 1.807) is 10.9 Å². The molecule has 0 spiro atoms. The summed E-state index contributed by atoms with van der Waals surface area (Å²) in [6, 6.07) is 7.40. The molecular weight excluding hydrogens is 240 g/mol. The molecule has 100 valence electrons. The van der Waals surface area contributed by atoms with E-state index in [0.717, 1.165) is 11.1 Å². The maximum atomic E-state index is 12.1. The van der Waals surface area contributed by atoms with Gasteiger partial charge in [-0.05, 0) is 24.6 Å². The average molecular weight is 258 g/mol. The first-order valence-corrected chi connectivity index (χ1v) is 6.17. The van der Waals surface area contributed by atoms with E-state index in [2.05, 4.69) is 10.4 Å². The van der Waals surface area contributed by atoms with Crippen molar-refractivity contribution in [2.24, 2.45) is 7.05 Å². The number of rotatable bonds is 4. The average Bonchev–Trinajstić information content (AvgIpc) is 2.81. The normalized spacial score (nSPS) is 12.1. The molecule has 3 N–H and O–H groups in total. The van der Waals surface area contributed by atoms with Gasteiger partial charge in [-0.25, -0.2) is 0 Å². The Bertz CT molecular complexity index is 576. The van der Waals surface area contributed by atoms with Crippen LogP contribution >= 0.6 is 0 Å². The molecule has 0 saturated heterocycles. The number of benzene rings is 1. The van der Waals surface area contributed by atoms with E-state index in [1.165, 1.54) is 0 Å². The highest BCUT2D eigenvalue weighted by molar-refractivity contribution is 5.83. The lowest BCUT2D eigenvalue weighted by Gasteiger charge is -2.12. The number of hydrogen-bond donors (Lipinski definition) is 2. The lowest BCUT2D eigenvalue weighted by molar-refractivity contribution is -0.122. The van der Waals surface area contributed by atoms with Gasteiger partial charge in [0.25, 0.3) is 0 Å². The molecule has 0 fully saturated rings. The van der Waals surface area contributed by atoms with Gasteiger partial charge in [0.1, 0.15) is 0 Å². The van der Waals surface area contributed by atoms with Crippen molar-refractivity contribution in [1.82, 2.24) is 15.1 Å². The Hall–Kier alpha value is -2.30. The number of nitrogen functional groups attached to an aromatic ring is 1. The maximum absolute atomic E-state index is 12.1. The molecular formula is C14H18N4O. The first-order valence-electron chi connectivity index (χ1n) is 6.17. The molecule has 1 unspecified atom stereocenters. The fourth-order valence-electron chi connectivity index (χ4n) is 1.89. The second-order valence-corrected chi connectivity index (χ2v) is 4.63. The molecule has 1 atom stereocenters. The van der Waals surface area contributed by atoms with Crippen LogP contribution in [0, 0.1) is 0 Å². The molecule has 1 aromatic heterocycles. The third kappa shape index (κ3) is 3.34. The number of nitrogens with zero attached hydrogens (tertiary/aromatic N) is 2. The largest absolute Gasteiger partial charge is 0.399 e. The zero-order valence-electron chi connectivity index (χ0n) is 11.1. The summed E-state index contributed by atoms with van der Waals surface area (Å²) >= 11 is 0. The Morgan fingerprint density at radius 3 is 2.95 bits per heavy atom. The maximum Gasteiger partial charge on any atom is 0.227 e. The Labute approximate surface area is 112 Å². The Morgan fingerprint density at radius 1 is 1.53 bits per heavy atom. The second kappa shape index (κ2) is 5.56. The summed E-state index contributed by atoms with van der Waals surface area (Å²) < 4.78 is 1.71. The topological polar surface area (TPSA) is 72.9 Å². The zero-order valence-corrected chi connectivity index (χ0v) is 11.1. The van der Waals surface area contributed by atoms with Crippen molar-refractivity contribution >= 4 is 11.6 Å². The minimum atomic E-state index is -0.222. The molecule has 0 bridgehead atoms. The molecule has 1 heterocycles. The van der Waals surface area contributed by atoms with Crippen LogP contribution in [-0.2, 0) is 18.4 Å². The van der Waals surface area contributed by atoms with Crippen LogP contribution in [0.25, 0.3) is 0 Å². The van der Waals surface area contributed by atoms with Gasteiger partial charge in [0, 0.05) is 31.0 Å². The van der Waals surface area contributed by atoms with E-state index in [-0.39, 0.29) is 11.8 Å². The summed E-state index contributed by atoms with van der Waals surface area (Å²) in [6.07, 6.45) is 3.62. The van der Waals surface area contributed by atoms with Crippen molar-refractivity contribution in [3.8, 4) is 0 Å². The van der Waals surface area contributed by atoms with Crippen LogP contribution in [0.2, 0.25) is 0 Å². The van der Waals surface area contributed by atoms with E-state index in [1.807, 2.05) is 44.4 Å². The van der Waals surface area contributed by atoms with E-state index in [9.17, 15) is 4.79 Å². The summed E-state index contributed by atoms with van der Waals surface area (Å²) in [4.78, 5) is 12.1. The molecule has 2 aromatic rings. The first-order chi connectivity index (χ1) is 9.06. The first kappa shape index (κ1) is 13.1. The van der Waals surface area contributed by atoms with Gasteiger partial charge in [-0.3, -0.25) is 9.48 Å². The number of nitrogens with two attached hydrogens (primary N) is 1. The molecule has 5 nitrogen and oxygen atoms in total. The van der Waals surface area contributed by atoms with Crippen molar-refractivity contribution in [2.45, 2.75) is 19.4 Å². The predicted octanol–water partition coefficient (Wildman–Crippen LogP) is 1.42. The van der Waals surface area contributed by atoms with Gasteiger partial charge >= 0.3 is 0 Å². The molecule has 0 aliphatic heterocycles. The number of nitrogens with one attached hydrogen (secondary N) is 1. The van der Waals surface area contributed by atoms with E-state index in [0.29, 0.717) is 12.2 Å². The summed E-state index contributed by atoms with van der Waals surface area (Å²) in [5.74, 6) is -0.241. The van der Waals surface area contributed by atoms with Gasteiger partial charge in [0.15, 0.2) is 0 Å². The Balaban J connectivity index is 1.96. The Morgan fingerprint density at radius 2 is 2.32 bits per heavy atom. The quantitative estimate of drug-likeness (QED) is 0.815. The minimum absolute atomic E-state index is 0.0190. The smallest absolute Gasteiger partial charge is 0.227 e. The molecule has 1 amide bonds. The zero-order chi connectivity index (χ0) is 13.8. The molecule has 1 aromatic carbocycles.